The van der Waals surface area contributed by atoms with Crippen LogP contribution in [0.2, 0.25) is 0 Å². The highest BCUT2D eigenvalue weighted by atomic mass is 16.3. The maximum atomic E-state index is 12.5. The molecule has 0 radical (unpaired) electrons. The predicted octanol–water partition coefficient (Wildman–Crippen LogP) is 3.39. The Hall–Kier alpha value is -1.48. The Morgan fingerprint density at radius 1 is 1.10 bits per heavy atom. The molecule has 1 atom stereocenters. The Labute approximate surface area is 127 Å². The SMILES string of the molecule is CC1=C(CO)C(=O)C(C(C)/C=C(\C)CC(C)C)=C(C)C1=O. The monoisotopic (exact) mass is 290 g/mol. The van der Waals surface area contributed by atoms with Crippen molar-refractivity contribution in [1.82, 2.24) is 0 Å². The third kappa shape index (κ3) is 3.79. The predicted molar refractivity (Wildman–Crippen MR) is 84.9 cm³/mol. The minimum atomic E-state index is -0.380. The summed E-state index contributed by atoms with van der Waals surface area (Å²) in [5.41, 5.74) is 2.87. The minimum absolute atomic E-state index is 0.116. The maximum absolute atomic E-state index is 12.5. The molecule has 1 rings (SSSR count). The number of Topliss-reactive ketones (excluding diaryl/α,β-unsaturated/α-hetero) is 2. The number of carbonyl (C=O) groups excluding carboxylic acids is 2. The van der Waals surface area contributed by atoms with Gasteiger partial charge in [0.2, 0.25) is 0 Å². The van der Waals surface area contributed by atoms with Crippen LogP contribution in [0.25, 0.3) is 0 Å². The molecule has 0 fully saturated rings. The van der Waals surface area contributed by atoms with E-state index < -0.39 is 0 Å². The molecule has 0 spiro atoms. The third-order valence-electron chi connectivity index (χ3n) is 3.93. The molecule has 0 bridgehead atoms. The summed E-state index contributed by atoms with van der Waals surface area (Å²) in [5, 5.41) is 9.37. The number of hydrogen-bond acceptors (Lipinski definition) is 3. The summed E-state index contributed by atoms with van der Waals surface area (Å²) in [6, 6.07) is 0. The smallest absolute Gasteiger partial charge is 0.188 e. The largest absolute Gasteiger partial charge is 0.392 e. The number of rotatable bonds is 5. The molecule has 116 valence electrons. The van der Waals surface area contributed by atoms with Gasteiger partial charge in [-0.05, 0) is 33.1 Å². The second-order valence-corrected chi connectivity index (χ2v) is 6.36. The molecule has 1 aliphatic carbocycles. The quantitative estimate of drug-likeness (QED) is 0.623. The lowest BCUT2D eigenvalue weighted by Gasteiger charge is -2.23. The maximum Gasteiger partial charge on any atom is 0.188 e. The van der Waals surface area contributed by atoms with E-state index in [1.807, 2.05) is 6.92 Å². The number of ketones is 2. The molecule has 0 aromatic carbocycles. The van der Waals surface area contributed by atoms with E-state index in [1.165, 1.54) is 5.57 Å². The Bertz CT molecular complexity index is 545. The first-order valence-electron chi connectivity index (χ1n) is 7.48. The van der Waals surface area contributed by atoms with Gasteiger partial charge < -0.3 is 5.11 Å². The third-order valence-corrected chi connectivity index (χ3v) is 3.93. The van der Waals surface area contributed by atoms with Gasteiger partial charge in [-0.2, -0.15) is 0 Å². The molecule has 0 saturated heterocycles. The van der Waals surface area contributed by atoms with Crippen molar-refractivity contribution in [2.24, 2.45) is 11.8 Å². The molecule has 0 aromatic rings. The lowest BCUT2D eigenvalue weighted by molar-refractivity contribution is -0.117. The van der Waals surface area contributed by atoms with Gasteiger partial charge >= 0.3 is 0 Å². The van der Waals surface area contributed by atoms with Crippen LogP contribution in [0.4, 0.5) is 0 Å². The van der Waals surface area contributed by atoms with Gasteiger partial charge in [0.05, 0.1) is 6.61 Å². The topological polar surface area (TPSA) is 54.4 Å². The van der Waals surface area contributed by atoms with E-state index in [0.717, 1.165) is 6.42 Å². The van der Waals surface area contributed by atoms with Crippen molar-refractivity contribution >= 4 is 11.6 Å². The summed E-state index contributed by atoms with van der Waals surface area (Å²) in [6.45, 7) is 11.2. The summed E-state index contributed by atoms with van der Waals surface area (Å²) in [4.78, 5) is 24.7. The van der Waals surface area contributed by atoms with Crippen LogP contribution < -0.4 is 0 Å². The highest BCUT2D eigenvalue weighted by molar-refractivity contribution is 6.25. The summed E-state index contributed by atoms with van der Waals surface area (Å²) in [5.74, 6) is 0.126. The van der Waals surface area contributed by atoms with E-state index >= 15 is 0 Å². The lowest BCUT2D eigenvalue weighted by Crippen LogP contribution is -2.26. The van der Waals surface area contributed by atoms with Crippen LogP contribution in [-0.4, -0.2) is 23.3 Å². The van der Waals surface area contributed by atoms with Gasteiger partial charge in [-0.1, -0.05) is 32.4 Å². The average molecular weight is 290 g/mol. The van der Waals surface area contributed by atoms with Gasteiger partial charge in [-0.3, -0.25) is 9.59 Å². The Morgan fingerprint density at radius 2 is 1.67 bits per heavy atom. The minimum Gasteiger partial charge on any atom is -0.392 e. The van der Waals surface area contributed by atoms with Crippen LogP contribution in [0.1, 0.15) is 48.0 Å². The van der Waals surface area contributed by atoms with E-state index in [2.05, 4.69) is 26.8 Å². The molecule has 21 heavy (non-hydrogen) atoms. The van der Waals surface area contributed by atoms with Crippen molar-refractivity contribution in [3.8, 4) is 0 Å². The molecule has 1 unspecified atom stereocenters. The Kier molecular flexibility index (Phi) is 5.85. The van der Waals surface area contributed by atoms with Crippen LogP contribution in [0.3, 0.4) is 0 Å². The average Bonchev–Trinajstić information content (AvgIpc) is 2.35. The standard InChI is InChI=1S/C18H26O3/c1-10(2)7-11(3)8-12(4)16-14(6)17(20)13(5)15(9-19)18(16)21/h8,10,12,19H,7,9H2,1-6H3/b11-8+. The van der Waals surface area contributed by atoms with Crippen LogP contribution >= 0.6 is 0 Å². The van der Waals surface area contributed by atoms with E-state index in [4.69, 9.17) is 0 Å². The van der Waals surface area contributed by atoms with Crippen LogP contribution in [0.15, 0.2) is 33.9 Å². The van der Waals surface area contributed by atoms with E-state index in [1.54, 1.807) is 13.8 Å². The second-order valence-electron chi connectivity index (χ2n) is 6.36. The molecular formula is C18H26O3. The Morgan fingerprint density at radius 3 is 2.14 bits per heavy atom. The molecular weight excluding hydrogens is 264 g/mol. The van der Waals surface area contributed by atoms with Crippen LogP contribution in [0.5, 0.6) is 0 Å². The lowest BCUT2D eigenvalue weighted by atomic mass is 9.79. The number of carbonyl (C=O) groups is 2. The number of aliphatic hydroxyl groups excluding tert-OH is 1. The molecule has 3 heteroatoms. The van der Waals surface area contributed by atoms with Gasteiger partial charge in [0.15, 0.2) is 11.6 Å². The normalized spacial score (nSPS) is 19.0. The zero-order valence-electron chi connectivity index (χ0n) is 13.9. The fourth-order valence-electron chi connectivity index (χ4n) is 3.00. The van der Waals surface area contributed by atoms with Gasteiger partial charge in [0.25, 0.3) is 0 Å². The molecule has 0 aliphatic heterocycles. The molecule has 0 saturated carbocycles. The summed E-state index contributed by atoms with van der Waals surface area (Å²) in [7, 11) is 0. The number of hydrogen-bond donors (Lipinski definition) is 1. The molecule has 0 heterocycles. The summed E-state index contributed by atoms with van der Waals surface area (Å²) >= 11 is 0. The first-order valence-corrected chi connectivity index (χ1v) is 7.48. The van der Waals surface area contributed by atoms with Crippen LogP contribution in [0, 0.1) is 11.8 Å². The highest BCUT2D eigenvalue weighted by Gasteiger charge is 2.31. The van der Waals surface area contributed by atoms with Gasteiger partial charge in [-0.15, -0.1) is 0 Å². The van der Waals surface area contributed by atoms with Gasteiger partial charge in [-0.25, -0.2) is 0 Å². The summed E-state index contributed by atoms with van der Waals surface area (Å²) in [6.07, 6.45) is 3.03. The summed E-state index contributed by atoms with van der Waals surface area (Å²) < 4.78 is 0. The molecule has 0 amide bonds. The second kappa shape index (κ2) is 6.99. The van der Waals surface area contributed by atoms with E-state index in [0.29, 0.717) is 22.6 Å². The van der Waals surface area contributed by atoms with E-state index in [-0.39, 0.29) is 29.7 Å². The first-order chi connectivity index (χ1) is 9.70. The Balaban J connectivity index is 3.17. The van der Waals surface area contributed by atoms with Crippen molar-refractivity contribution in [3.63, 3.8) is 0 Å². The molecule has 0 aromatic heterocycles. The fraction of sp³-hybridized carbons (Fsp3) is 0.556. The zero-order chi connectivity index (χ0) is 16.3. The van der Waals surface area contributed by atoms with E-state index in [9.17, 15) is 14.7 Å². The number of aliphatic hydroxyl groups is 1. The van der Waals surface area contributed by atoms with Gasteiger partial charge in [0.1, 0.15) is 0 Å². The highest BCUT2D eigenvalue weighted by Crippen LogP contribution is 2.30. The van der Waals surface area contributed by atoms with Crippen molar-refractivity contribution in [2.75, 3.05) is 6.61 Å². The molecule has 1 N–H and O–H groups in total. The van der Waals surface area contributed by atoms with Gasteiger partial charge in [0, 0.05) is 28.2 Å². The first kappa shape index (κ1) is 17.6. The van der Waals surface area contributed by atoms with Crippen molar-refractivity contribution < 1.29 is 14.7 Å². The molecule has 3 nitrogen and oxygen atoms in total. The van der Waals surface area contributed by atoms with Crippen molar-refractivity contribution in [2.45, 2.75) is 48.0 Å². The zero-order valence-corrected chi connectivity index (χ0v) is 13.9. The molecule has 1 aliphatic rings. The van der Waals surface area contributed by atoms with Crippen LogP contribution in [-0.2, 0) is 9.59 Å². The number of allylic oxidation sites excluding steroid dienone is 5. The van der Waals surface area contributed by atoms with Crippen molar-refractivity contribution in [3.05, 3.63) is 33.9 Å². The van der Waals surface area contributed by atoms with Crippen molar-refractivity contribution in [1.29, 1.82) is 0 Å². The fourth-order valence-corrected chi connectivity index (χ4v) is 3.00.